The average molecular weight is 279 g/mol. The first-order valence-electron chi connectivity index (χ1n) is 5.16. The van der Waals surface area contributed by atoms with Crippen molar-refractivity contribution in [1.82, 2.24) is 4.98 Å². The van der Waals surface area contributed by atoms with E-state index in [4.69, 9.17) is 28.5 Å². The van der Waals surface area contributed by atoms with Crippen LogP contribution >= 0.6 is 23.2 Å². The van der Waals surface area contributed by atoms with E-state index in [9.17, 15) is 4.79 Å². The molecular formula is C13H8Cl2N2O. The van der Waals surface area contributed by atoms with Crippen LogP contribution in [0.3, 0.4) is 0 Å². The Bertz CT molecular complexity index is 686. The highest BCUT2D eigenvalue weighted by atomic mass is 35.5. The number of aromatic amines is 1. The van der Waals surface area contributed by atoms with E-state index in [1.165, 1.54) is 6.07 Å². The summed E-state index contributed by atoms with van der Waals surface area (Å²) in [6.45, 7) is 0. The van der Waals surface area contributed by atoms with E-state index in [1.807, 2.05) is 6.07 Å². The second-order valence-electron chi connectivity index (χ2n) is 3.70. The molecule has 1 N–H and O–H groups in total. The summed E-state index contributed by atoms with van der Waals surface area (Å²) >= 11 is 12.0. The van der Waals surface area contributed by atoms with Crippen LogP contribution in [0.1, 0.15) is 5.56 Å². The molecule has 3 nitrogen and oxygen atoms in total. The number of nitrogens with zero attached hydrogens (tertiary/aromatic N) is 1. The van der Waals surface area contributed by atoms with Crippen molar-refractivity contribution in [2.24, 2.45) is 0 Å². The lowest BCUT2D eigenvalue weighted by Gasteiger charge is -2.08. The van der Waals surface area contributed by atoms with Gasteiger partial charge in [-0.1, -0.05) is 29.3 Å². The highest BCUT2D eigenvalue weighted by molar-refractivity contribution is 6.36. The summed E-state index contributed by atoms with van der Waals surface area (Å²) in [5, 5.41) is 9.80. The van der Waals surface area contributed by atoms with Crippen LogP contribution in [0.25, 0.3) is 11.1 Å². The standard InChI is InChI=1S/C13H8Cl2N2O/c14-9-1-2-10(12(15)6-9)11-7-17-13(18)5-8(11)3-4-16/h1-2,5-7H,3H2,(H,17,18). The van der Waals surface area contributed by atoms with E-state index < -0.39 is 0 Å². The number of H-pyrrole nitrogens is 1. The molecule has 0 bridgehead atoms. The third-order valence-corrected chi connectivity index (χ3v) is 3.05. The van der Waals surface area contributed by atoms with E-state index in [0.29, 0.717) is 15.6 Å². The Morgan fingerprint density at radius 2 is 2.00 bits per heavy atom. The minimum Gasteiger partial charge on any atom is -0.328 e. The molecule has 1 heterocycles. The van der Waals surface area contributed by atoms with Gasteiger partial charge in [-0.3, -0.25) is 4.79 Å². The second kappa shape index (κ2) is 5.26. The molecule has 0 amide bonds. The zero-order valence-corrected chi connectivity index (χ0v) is 10.7. The van der Waals surface area contributed by atoms with E-state index in [1.54, 1.807) is 24.4 Å². The van der Waals surface area contributed by atoms with E-state index in [0.717, 1.165) is 11.1 Å². The number of halogens is 2. The summed E-state index contributed by atoms with van der Waals surface area (Å²) in [6, 6.07) is 8.54. The molecule has 5 heteroatoms. The predicted octanol–water partition coefficient (Wildman–Crippen LogP) is 3.41. The number of hydrogen-bond acceptors (Lipinski definition) is 2. The van der Waals surface area contributed by atoms with Gasteiger partial charge in [0.25, 0.3) is 0 Å². The maximum atomic E-state index is 11.3. The van der Waals surface area contributed by atoms with Crippen molar-refractivity contribution in [3.05, 3.63) is 56.4 Å². The topological polar surface area (TPSA) is 56.6 Å². The summed E-state index contributed by atoms with van der Waals surface area (Å²) in [4.78, 5) is 13.9. The van der Waals surface area contributed by atoms with Crippen molar-refractivity contribution in [3.63, 3.8) is 0 Å². The van der Waals surface area contributed by atoms with E-state index in [-0.39, 0.29) is 12.0 Å². The molecule has 0 saturated carbocycles. The molecule has 2 aromatic rings. The van der Waals surface area contributed by atoms with Gasteiger partial charge in [0.2, 0.25) is 5.56 Å². The Hall–Kier alpha value is -1.76. The fourth-order valence-electron chi connectivity index (χ4n) is 1.70. The number of aromatic nitrogens is 1. The first-order valence-corrected chi connectivity index (χ1v) is 5.91. The number of hydrogen-bond donors (Lipinski definition) is 1. The lowest BCUT2D eigenvalue weighted by molar-refractivity contribution is 1.17. The van der Waals surface area contributed by atoms with Gasteiger partial charge < -0.3 is 4.98 Å². The summed E-state index contributed by atoms with van der Waals surface area (Å²) in [6.07, 6.45) is 1.71. The fourth-order valence-corrected chi connectivity index (χ4v) is 2.21. The molecule has 0 radical (unpaired) electrons. The second-order valence-corrected chi connectivity index (χ2v) is 4.54. The molecule has 2 rings (SSSR count). The van der Waals surface area contributed by atoms with Crippen molar-refractivity contribution in [2.75, 3.05) is 0 Å². The molecular weight excluding hydrogens is 271 g/mol. The van der Waals surface area contributed by atoms with E-state index >= 15 is 0 Å². The molecule has 0 unspecified atom stereocenters. The van der Waals surface area contributed by atoms with Gasteiger partial charge >= 0.3 is 0 Å². The minimum absolute atomic E-state index is 0.151. The van der Waals surface area contributed by atoms with Crippen molar-refractivity contribution < 1.29 is 0 Å². The van der Waals surface area contributed by atoms with Gasteiger partial charge in [-0.05, 0) is 17.7 Å². The van der Waals surface area contributed by atoms with Crippen LogP contribution in [-0.2, 0) is 6.42 Å². The van der Waals surface area contributed by atoms with E-state index in [2.05, 4.69) is 4.98 Å². The van der Waals surface area contributed by atoms with Crippen molar-refractivity contribution in [3.8, 4) is 17.2 Å². The Morgan fingerprint density at radius 3 is 2.67 bits per heavy atom. The SMILES string of the molecule is N#CCc1cc(=O)[nH]cc1-c1ccc(Cl)cc1Cl. The largest absolute Gasteiger partial charge is 0.328 e. The molecule has 0 aliphatic carbocycles. The number of benzene rings is 1. The Balaban J connectivity index is 2.63. The molecule has 0 aliphatic heterocycles. The monoisotopic (exact) mass is 278 g/mol. The molecule has 0 fully saturated rings. The van der Waals surface area contributed by atoms with Crippen LogP contribution < -0.4 is 5.56 Å². The first kappa shape index (κ1) is 12.7. The molecule has 0 aliphatic rings. The molecule has 90 valence electrons. The fraction of sp³-hybridized carbons (Fsp3) is 0.0769. The van der Waals surface area contributed by atoms with Crippen LogP contribution in [0.2, 0.25) is 10.0 Å². The third kappa shape index (κ3) is 2.56. The predicted molar refractivity (Wildman–Crippen MR) is 71.8 cm³/mol. The van der Waals surface area contributed by atoms with Gasteiger partial charge in [-0.2, -0.15) is 5.26 Å². The minimum atomic E-state index is -0.242. The van der Waals surface area contributed by atoms with Gasteiger partial charge in [0.15, 0.2) is 0 Å². The Kier molecular flexibility index (Phi) is 3.71. The van der Waals surface area contributed by atoms with Gasteiger partial charge in [0.05, 0.1) is 12.5 Å². The average Bonchev–Trinajstić information content (AvgIpc) is 2.31. The normalized spacial score (nSPS) is 10.1. The summed E-state index contributed by atoms with van der Waals surface area (Å²) in [5.41, 5.74) is 1.87. The zero-order valence-electron chi connectivity index (χ0n) is 9.21. The lowest BCUT2D eigenvalue weighted by atomic mass is 10.0. The van der Waals surface area contributed by atoms with Crippen molar-refractivity contribution >= 4 is 23.2 Å². The number of nitriles is 1. The van der Waals surface area contributed by atoms with Crippen LogP contribution in [0, 0.1) is 11.3 Å². The van der Waals surface area contributed by atoms with Crippen LogP contribution in [0.4, 0.5) is 0 Å². The Morgan fingerprint density at radius 1 is 1.22 bits per heavy atom. The quantitative estimate of drug-likeness (QED) is 0.915. The Labute approximate surface area is 114 Å². The third-order valence-electron chi connectivity index (χ3n) is 2.50. The summed E-state index contributed by atoms with van der Waals surface area (Å²) < 4.78 is 0. The molecule has 0 spiro atoms. The van der Waals surface area contributed by atoms with Crippen LogP contribution in [0.15, 0.2) is 35.3 Å². The van der Waals surface area contributed by atoms with Gasteiger partial charge in [-0.25, -0.2) is 0 Å². The van der Waals surface area contributed by atoms with Crippen molar-refractivity contribution in [2.45, 2.75) is 6.42 Å². The van der Waals surface area contributed by atoms with Gasteiger partial charge in [0, 0.05) is 33.4 Å². The number of pyridine rings is 1. The molecule has 1 aromatic heterocycles. The summed E-state index contributed by atoms with van der Waals surface area (Å²) in [7, 11) is 0. The molecule has 0 saturated heterocycles. The number of nitrogens with one attached hydrogen (secondary N) is 1. The van der Waals surface area contributed by atoms with Crippen molar-refractivity contribution in [1.29, 1.82) is 5.26 Å². The number of rotatable bonds is 2. The first-order chi connectivity index (χ1) is 8.61. The highest BCUT2D eigenvalue weighted by Gasteiger charge is 2.09. The molecule has 18 heavy (non-hydrogen) atoms. The van der Waals surface area contributed by atoms with Crippen LogP contribution in [-0.4, -0.2) is 4.98 Å². The van der Waals surface area contributed by atoms with Crippen LogP contribution in [0.5, 0.6) is 0 Å². The van der Waals surface area contributed by atoms with Gasteiger partial charge in [0.1, 0.15) is 0 Å². The van der Waals surface area contributed by atoms with Gasteiger partial charge in [-0.15, -0.1) is 0 Å². The maximum Gasteiger partial charge on any atom is 0.248 e. The maximum absolute atomic E-state index is 11.3. The zero-order chi connectivity index (χ0) is 13.1. The molecule has 0 atom stereocenters. The summed E-state index contributed by atoms with van der Waals surface area (Å²) in [5.74, 6) is 0. The smallest absolute Gasteiger partial charge is 0.248 e. The molecule has 1 aromatic carbocycles. The lowest BCUT2D eigenvalue weighted by Crippen LogP contribution is -2.06. The highest BCUT2D eigenvalue weighted by Crippen LogP contribution is 2.31.